The molecule has 1 rings (SSSR count). The van der Waals surface area contributed by atoms with Crippen molar-refractivity contribution in [3.05, 3.63) is 24.0 Å². The normalized spacial score (nSPS) is 11.3. The van der Waals surface area contributed by atoms with E-state index in [0.717, 1.165) is 0 Å². The van der Waals surface area contributed by atoms with Gasteiger partial charge in [0.2, 0.25) is 0 Å². The number of carboxylic acid groups (broad SMARTS) is 1. The van der Waals surface area contributed by atoms with Crippen molar-refractivity contribution in [2.75, 3.05) is 6.54 Å². The van der Waals surface area contributed by atoms with Gasteiger partial charge in [-0.25, -0.2) is 4.79 Å². The smallest absolute Gasteiger partial charge is 0.329 e. The Bertz CT molecular complexity index is 435. The van der Waals surface area contributed by atoms with Gasteiger partial charge in [0.25, 0.3) is 5.91 Å². The van der Waals surface area contributed by atoms with Gasteiger partial charge >= 0.3 is 5.97 Å². The topological polar surface area (TPSA) is 62.5 Å². The number of nitrogens with zero attached hydrogens (tertiary/aromatic N) is 2. The number of amides is 1. The summed E-state index contributed by atoms with van der Waals surface area (Å²) in [6, 6.07) is 3.44. The highest BCUT2D eigenvalue weighted by Crippen LogP contribution is 2.18. The number of hydrogen-bond acceptors (Lipinski definition) is 2. The van der Waals surface area contributed by atoms with Crippen LogP contribution in [0.4, 0.5) is 0 Å². The van der Waals surface area contributed by atoms with Gasteiger partial charge in [0.1, 0.15) is 11.2 Å². The van der Waals surface area contributed by atoms with Gasteiger partial charge in [-0.15, -0.1) is 0 Å². The molecule has 0 saturated carbocycles. The molecule has 0 aliphatic carbocycles. The monoisotopic (exact) mass is 238 g/mol. The molecule has 0 fully saturated rings. The molecule has 0 saturated heterocycles. The molecule has 1 heterocycles. The molecule has 0 aliphatic rings. The second-order valence-electron chi connectivity index (χ2n) is 4.42. The zero-order valence-corrected chi connectivity index (χ0v) is 10.6. The molecule has 0 bridgehead atoms. The van der Waals surface area contributed by atoms with Gasteiger partial charge < -0.3 is 14.6 Å². The first kappa shape index (κ1) is 13.3. The molecular weight excluding hydrogens is 220 g/mol. The quantitative estimate of drug-likeness (QED) is 0.861. The molecule has 1 aromatic rings. The van der Waals surface area contributed by atoms with E-state index in [-0.39, 0.29) is 5.91 Å². The largest absolute Gasteiger partial charge is 0.480 e. The number of aliphatic carboxylic acids is 1. The second kappa shape index (κ2) is 4.61. The third-order valence-electron chi connectivity index (χ3n) is 2.92. The number of hydrogen-bond donors (Lipinski definition) is 1. The first-order valence-corrected chi connectivity index (χ1v) is 5.49. The van der Waals surface area contributed by atoms with E-state index < -0.39 is 11.5 Å². The average molecular weight is 238 g/mol. The Labute approximate surface area is 101 Å². The fourth-order valence-corrected chi connectivity index (χ4v) is 1.73. The molecule has 0 atom stereocenters. The molecule has 5 heteroatoms. The predicted molar refractivity (Wildman–Crippen MR) is 63.8 cm³/mol. The summed E-state index contributed by atoms with van der Waals surface area (Å²) >= 11 is 0. The van der Waals surface area contributed by atoms with Crippen molar-refractivity contribution in [2.45, 2.75) is 26.3 Å². The number of carbonyl (C=O) groups is 2. The predicted octanol–water partition coefficient (Wildman–Crippen LogP) is 1.35. The van der Waals surface area contributed by atoms with Crippen LogP contribution in [0.5, 0.6) is 0 Å². The number of rotatable bonds is 4. The van der Waals surface area contributed by atoms with Gasteiger partial charge in [-0.2, -0.15) is 0 Å². The van der Waals surface area contributed by atoms with E-state index in [1.165, 1.54) is 18.7 Å². The molecule has 0 aliphatic heterocycles. The van der Waals surface area contributed by atoms with Crippen molar-refractivity contribution in [1.82, 2.24) is 9.47 Å². The summed E-state index contributed by atoms with van der Waals surface area (Å²) in [6.45, 7) is 5.17. The van der Waals surface area contributed by atoms with Crippen LogP contribution in [0, 0.1) is 0 Å². The highest BCUT2D eigenvalue weighted by Gasteiger charge is 2.37. The first-order chi connectivity index (χ1) is 7.82. The third kappa shape index (κ3) is 2.33. The van der Waals surface area contributed by atoms with Crippen LogP contribution >= 0.6 is 0 Å². The van der Waals surface area contributed by atoms with E-state index in [1.807, 2.05) is 0 Å². The summed E-state index contributed by atoms with van der Waals surface area (Å²) in [5, 5.41) is 9.16. The molecule has 94 valence electrons. The summed E-state index contributed by atoms with van der Waals surface area (Å²) < 4.78 is 1.68. The highest BCUT2D eigenvalue weighted by molar-refractivity contribution is 5.96. The maximum Gasteiger partial charge on any atom is 0.329 e. The molecule has 1 amide bonds. The maximum atomic E-state index is 12.3. The Kier molecular flexibility index (Phi) is 3.60. The number of likely N-dealkylation sites (N-methyl/N-ethyl adjacent to an activating group) is 1. The lowest BCUT2D eigenvalue weighted by Crippen LogP contribution is -2.53. The van der Waals surface area contributed by atoms with Crippen molar-refractivity contribution in [2.24, 2.45) is 7.05 Å². The number of aryl methyl sites for hydroxylation is 1. The van der Waals surface area contributed by atoms with Crippen molar-refractivity contribution >= 4 is 11.9 Å². The molecule has 1 aromatic heterocycles. The van der Waals surface area contributed by atoms with Crippen molar-refractivity contribution in [3.8, 4) is 0 Å². The Hall–Kier alpha value is -1.78. The Morgan fingerprint density at radius 3 is 2.41 bits per heavy atom. The summed E-state index contributed by atoms with van der Waals surface area (Å²) in [5.74, 6) is -1.28. The van der Waals surface area contributed by atoms with Crippen LogP contribution in [0.2, 0.25) is 0 Å². The van der Waals surface area contributed by atoms with Gasteiger partial charge in [-0.1, -0.05) is 0 Å². The molecule has 5 nitrogen and oxygen atoms in total. The van der Waals surface area contributed by atoms with Crippen LogP contribution in [-0.4, -0.2) is 38.5 Å². The standard InChI is InChI=1S/C12H18N2O3/c1-5-14(12(2,3)11(16)17)10(15)9-7-6-8-13(9)4/h6-8H,5H2,1-4H3,(H,16,17). The van der Waals surface area contributed by atoms with Gasteiger partial charge in [-0.05, 0) is 32.9 Å². The lowest BCUT2D eigenvalue weighted by atomic mass is 10.0. The molecular formula is C12H18N2O3. The third-order valence-corrected chi connectivity index (χ3v) is 2.92. The van der Waals surface area contributed by atoms with E-state index in [0.29, 0.717) is 12.2 Å². The van der Waals surface area contributed by atoms with Crippen molar-refractivity contribution in [1.29, 1.82) is 0 Å². The SMILES string of the molecule is CCN(C(=O)c1cccn1C)C(C)(C)C(=O)O. The van der Waals surface area contributed by atoms with Gasteiger partial charge in [0.15, 0.2) is 0 Å². The van der Waals surface area contributed by atoms with Gasteiger partial charge in [0, 0.05) is 19.8 Å². The van der Waals surface area contributed by atoms with Crippen LogP contribution < -0.4 is 0 Å². The van der Waals surface area contributed by atoms with Crippen LogP contribution in [0.25, 0.3) is 0 Å². The fraction of sp³-hybridized carbons (Fsp3) is 0.500. The van der Waals surface area contributed by atoms with E-state index in [9.17, 15) is 9.59 Å². The lowest BCUT2D eigenvalue weighted by Gasteiger charge is -2.34. The molecule has 0 aromatic carbocycles. The van der Waals surface area contributed by atoms with E-state index in [4.69, 9.17) is 5.11 Å². The van der Waals surface area contributed by atoms with Crippen molar-refractivity contribution < 1.29 is 14.7 Å². The van der Waals surface area contributed by atoms with E-state index in [2.05, 4.69) is 0 Å². The molecule has 17 heavy (non-hydrogen) atoms. The minimum absolute atomic E-state index is 0.271. The maximum absolute atomic E-state index is 12.3. The zero-order valence-electron chi connectivity index (χ0n) is 10.6. The second-order valence-corrected chi connectivity index (χ2v) is 4.42. The molecule has 0 spiro atoms. The van der Waals surface area contributed by atoms with Crippen molar-refractivity contribution in [3.63, 3.8) is 0 Å². The summed E-state index contributed by atoms with van der Waals surface area (Å²) in [5.41, 5.74) is -0.725. The minimum atomic E-state index is -1.21. The van der Waals surface area contributed by atoms with Gasteiger partial charge in [-0.3, -0.25) is 4.79 Å². The number of carbonyl (C=O) groups excluding carboxylic acids is 1. The van der Waals surface area contributed by atoms with Crippen LogP contribution in [0.3, 0.4) is 0 Å². The average Bonchev–Trinajstić information content (AvgIpc) is 2.64. The van der Waals surface area contributed by atoms with Crippen LogP contribution in [0.15, 0.2) is 18.3 Å². The van der Waals surface area contributed by atoms with E-state index in [1.54, 1.807) is 36.9 Å². The fourth-order valence-electron chi connectivity index (χ4n) is 1.73. The molecule has 1 N–H and O–H groups in total. The number of aromatic nitrogens is 1. The lowest BCUT2D eigenvalue weighted by molar-refractivity contribution is -0.147. The summed E-state index contributed by atoms with van der Waals surface area (Å²) in [4.78, 5) is 24.8. The van der Waals surface area contributed by atoms with Crippen LogP contribution in [-0.2, 0) is 11.8 Å². The summed E-state index contributed by atoms with van der Waals surface area (Å²) in [7, 11) is 1.76. The first-order valence-electron chi connectivity index (χ1n) is 5.49. The van der Waals surface area contributed by atoms with Crippen LogP contribution in [0.1, 0.15) is 31.3 Å². The Morgan fingerprint density at radius 2 is 2.06 bits per heavy atom. The zero-order chi connectivity index (χ0) is 13.2. The summed E-state index contributed by atoms with van der Waals surface area (Å²) in [6.07, 6.45) is 1.76. The number of carboxylic acids is 1. The Balaban J connectivity index is 3.09. The van der Waals surface area contributed by atoms with Gasteiger partial charge in [0.05, 0.1) is 0 Å². The van der Waals surface area contributed by atoms with E-state index >= 15 is 0 Å². The molecule has 0 unspecified atom stereocenters. The molecule has 0 radical (unpaired) electrons. The Morgan fingerprint density at radius 1 is 1.47 bits per heavy atom. The minimum Gasteiger partial charge on any atom is -0.480 e. The highest BCUT2D eigenvalue weighted by atomic mass is 16.4.